The maximum Gasteiger partial charge on any atom is 0.0314 e. The van der Waals surface area contributed by atoms with Crippen LogP contribution < -0.4 is 11.5 Å². The third-order valence-electron chi connectivity index (χ3n) is 3.24. The molecule has 0 saturated carbocycles. The lowest BCUT2D eigenvalue weighted by atomic mass is 10.2. The van der Waals surface area contributed by atoms with E-state index in [1.165, 1.54) is 10.5 Å². The van der Waals surface area contributed by atoms with Crippen molar-refractivity contribution in [2.75, 3.05) is 25.4 Å². The van der Waals surface area contributed by atoms with Crippen molar-refractivity contribution in [1.82, 2.24) is 4.31 Å². The quantitative estimate of drug-likeness (QED) is 0.570. The molecule has 24 heavy (non-hydrogen) atoms. The summed E-state index contributed by atoms with van der Waals surface area (Å²) in [4.78, 5) is 1.23. The fourth-order valence-corrected chi connectivity index (χ4v) is 3.21. The van der Waals surface area contributed by atoms with Crippen LogP contribution in [-0.2, 0) is 0 Å². The minimum Gasteiger partial charge on any atom is -0.399 e. The van der Waals surface area contributed by atoms with Gasteiger partial charge < -0.3 is 11.5 Å². The van der Waals surface area contributed by atoms with Crippen LogP contribution >= 0.6 is 11.9 Å². The van der Waals surface area contributed by atoms with E-state index in [0.29, 0.717) is 5.92 Å². The SMILES string of the molecule is CC(C)CN(CCCN)Sc1ccc(N)cc1.Cc1ccccc1. The topological polar surface area (TPSA) is 55.3 Å². The summed E-state index contributed by atoms with van der Waals surface area (Å²) in [5.41, 5.74) is 13.4. The normalized spacial score (nSPS) is 10.6. The molecule has 0 aliphatic rings. The Balaban J connectivity index is 0.000000341. The second-order valence-electron chi connectivity index (χ2n) is 6.24. The zero-order valence-corrected chi connectivity index (χ0v) is 15.9. The summed E-state index contributed by atoms with van der Waals surface area (Å²) < 4.78 is 2.38. The average molecular weight is 346 g/mol. The molecule has 4 heteroatoms. The van der Waals surface area contributed by atoms with Crippen LogP contribution in [0, 0.1) is 12.8 Å². The molecule has 2 rings (SSSR count). The largest absolute Gasteiger partial charge is 0.399 e. The highest BCUT2D eigenvalue weighted by atomic mass is 32.2. The number of hydrogen-bond donors (Lipinski definition) is 2. The Morgan fingerprint density at radius 3 is 2.08 bits per heavy atom. The van der Waals surface area contributed by atoms with Gasteiger partial charge in [-0.3, -0.25) is 0 Å². The molecular formula is C20H31N3S. The monoisotopic (exact) mass is 345 g/mol. The van der Waals surface area contributed by atoms with Gasteiger partial charge in [0.25, 0.3) is 0 Å². The zero-order valence-electron chi connectivity index (χ0n) is 15.1. The number of anilines is 1. The van der Waals surface area contributed by atoms with Gasteiger partial charge in [-0.25, -0.2) is 4.31 Å². The summed E-state index contributed by atoms with van der Waals surface area (Å²) in [7, 11) is 0. The minimum absolute atomic E-state index is 0.661. The first-order valence-corrected chi connectivity index (χ1v) is 9.28. The van der Waals surface area contributed by atoms with Crippen molar-refractivity contribution in [2.45, 2.75) is 32.1 Å². The Labute approximate surface area is 151 Å². The number of rotatable bonds is 7. The maximum atomic E-state index is 5.68. The van der Waals surface area contributed by atoms with Crippen LogP contribution in [0.4, 0.5) is 5.69 Å². The summed E-state index contributed by atoms with van der Waals surface area (Å²) in [6, 6.07) is 18.3. The van der Waals surface area contributed by atoms with Gasteiger partial charge in [0.15, 0.2) is 0 Å². The van der Waals surface area contributed by atoms with E-state index < -0.39 is 0 Å². The molecule has 2 aromatic rings. The second-order valence-corrected chi connectivity index (χ2v) is 7.41. The van der Waals surface area contributed by atoms with Crippen LogP contribution in [0.5, 0.6) is 0 Å². The van der Waals surface area contributed by atoms with E-state index in [-0.39, 0.29) is 0 Å². The predicted octanol–water partition coefficient (Wildman–Crippen LogP) is 4.58. The van der Waals surface area contributed by atoms with E-state index in [9.17, 15) is 0 Å². The summed E-state index contributed by atoms with van der Waals surface area (Å²) in [6.45, 7) is 9.41. The van der Waals surface area contributed by atoms with Crippen LogP contribution in [0.3, 0.4) is 0 Å². The first kappa shape index (κ1) is 20.6. The molecule has 0 bridgehead atoms. The fraction of sp³-hybridized carbons (Fsp3) is 0.400. The maximum absolute atomic E-state index is 5.68. The molecule has 0 heterocycles. The van der Waals surface area contributed by atoms with Crippen LogP contribution in [-0.4, -0.2) is 23.9 Å². The van der Waals surface area contributed by atoms with Gasteiger partial charge in [-0.2, -0.15) is 0 Å². The Morgan fingerprint density at radius 1 is 1.00 bits per heavy atom. The third-order valence-corrected chi connectivity index (χ3v) is 4.31. The van der Waals surface area contributed by atoms with Gasteiger partial charge in [-0.1, -0.05) is 49.7 Å². The predicted molar refractivity (Wildman–Crippen MR) is 108 cm³/mol. The average Bonchev–Trinajstić information content (AvgIpc) is 2.55. The summed E-state index contributed by atoms with van der Waals surface area (Å²) in [6.07, 6.45) is 1.04. The van der Waals surface area contributed by atoms with Gasteiger partial charge in [-0.15, -0.1) is 0 Å². The Bertz CT molecular complexity index is 541. The van der Waals surface area contributed by atoms with Crippen LogP contribution in [0.2, 0.25) is 0 Å². The Kier molecular flexibility index (Phi) is 10.2. The lowest BCUT2D eigenvalue weighted by molar-refractivity contribution is 0.402. The summed E-state index contributed by atoms with van der Waals surface area (Å²) in [5.74, 6) is 0.661. The fourth-order valence-electron chi connectivity index (χ4n) is 2.06. The summed E-state index contributed by atoms with van der Waals surface area (Å²) in [5, 5.41) is 0. The first-order chi connectivity index (χ1) is 11.5. The zero-order chi connectivity index (χ0) is 17.8. The Hall–Kier alpha value is -1.49. The van der Waals surface area contributed by atoms with Gasteiger partial charge in [0.1, 0.15) is 0 Å². The molecule has 0 aliphatic heterocycles. The van der Waals surface area contributed by atoms with Crippen molar-refractivity contribution in [3.63, 3.8) is 0 Å². The Morgan fingerprint density at radius 2 is 1.62 bits per heavy atom. The molecular weight excluding hydrogens is 314 g/mol. The standard InChI is InChI=1S/C13H23N3S.C7H8/c1-11(2)10-16(9-3-8-14)17-13-6-4-12(15)5-7-13;1-7-5-3-2-4-6-7/h4-7,11H,3,8-10,14-15H2,1-2H3;2-6H,1H3. The molecule has 132 valence electrons. The highest BCUT2D eigenvalue weighted by Crippen LogP contribution is 2.24. The highest BCUT2D eigenvalue weighted by Gasteiger charge is 2.08. The third kappa shape index (κ3) is 9.60. The lowest BCUT2D eigenvalue weighted by Crippen LogP contribution is -2.23. The second kappa shape index (κ2) is 12.0. The van der Waals surface area contributed by atoms with Crippen molar-refractivity contribution >= 4 is 17.6 Å². The molecule has 3 nitrogen and oxygen atoms in total. The number of nitrogens with zero attached hydrogens (tertiary/aromatic N) is 1. The molecule has 0 radical (unpaired) electrons. The molecule has 0 amide bonds. The molecule has 0 atom stereocenters. The van der Waals surface area contributed by atoms with Gasteiger partial charge in [0.05, 0.1) is 0 Å². The first-order valence-electron chi connectivity index (χ1n) is 8.51. The van der Waals surface area contributed by atoms with E-state index in [2.05, 4.69) is 49.3 Å². The molecule has 2 aromatic carbocycles. The van der Waals surface area contributed by atoms with Crippen LogP contribution in [0.25, 0.3) is 0 Å². The number of aryl methyl sites for hydroxylation is 1. The summed E-state index contributed by atoms with van der Waals surface area (Å²) >= 11 is 1.79. The van der Waals surface area contributed by atoms with Crippen LogP contribution in [0.1, 0.15) is 25.8 Å². The van der Waals surface area contributed by atoms with Crippen molar-refractivity contribution < 1.29 is 0 Å². The molecule has 0 aliphatic carbocycles. The highest BCUT2D eigenvalue weighted by molar-refractivity contribution is 7.97. The molecule has 0 aromatic heterocycles. The van der Waals surface area contributed by atoms with E-state index >= 15 is 0 Å². The van der Waals surface area contributed by atoms with Crippen molar-refractivity contribution in [1.29, 1.82) is 0 Å². The van der Waals surface area contributed by atoms with E-state index in [1.807, 2.05) is 30.3 Å². The van der Waals surface area contributed by atoms with Gasteiger partial charge in [0.2, 0.25) is 0 Å². The van der Waals surface area contributed by atoms with Crippen molar-refractivity contribution in [2.24, 2.45) is 11.7 Å². The van der Waals surface area contributed by atoms with E-state index in [1.54, 1.807) is 11.9 Å². The van der Waals surface area contributed by atoms with Gasteiger partial charge in [-0.05, 0) is 62.0 Å². The smallest absolute Gasteiger partial charge is 0.0314 e. The molecule has 0 fully saturated rings. The van der Waals surface area contributed by atoms with Crippen molar-refractivity contribution in [3.8, 4) is 0 Å². The van der Waals surface area contributed by atoms with E-state index in [0.717, 1.165) is 31.7 Å². The number of benzene rings is 2. The lowest BCUT2D eigenvalue weighted by Gasteiger charge is -2.22. The van der Waals surface area contributed by atoms with Gasteiger partial charge >= 0.3 is 0 Å². The van der Waals surface area contributed by atoms with Crippen molar-refractivity contribution in [3.05, 3.63) is 60.2 Å². The number of hydrogen-bond acceptors (Lipinski definition) is 4. The molecule has 0 saturated heterocycles. The molecule has 4 N–H and O–H groups in total. The molecule has 0 spiro atoms. The van der Waals surface area contributed by atoms with Gasteiger partial charge in [0, 0.05) is 23.7 Å². The molecule has 0 unspecified atom stereocenters. The minimum atomic E-state index is 0.661. The van der Waals surface area contributed by atoms with Crippen LogP contribution in [0.15, 0.2) is 59.5 Å². The van der Waals surface area contributed by atoms with E-state index in [4.69, 9.17) is 11.5 Å². The number of nitrogens with two attached hydrogens (primary N) is 2. The number of nitrogen functional groups attached to an aromatic ring is 1.